The van der Waals surface area contributed by atoms with Crippen LogP contribution >= 0.6 is 0 Å². The minimum atomic E-state index is -0.404. The van der Waals surface area contributed by atoms with Gasteiger partial charge in [-0.25, -0.2) is 0 Å². The minimum Gasteiger partial charge on any atom is -0.467 e. The fourth-order valence-corrected chi connectivity index (χ4v) is 4.50. The lowest BCUT2D eigenvalue weighted by molar-refractivity contribution is -0.136. The molecule has 3 rings (SSSR count). The maximum Gasteiger partial charge on any atom is 0.243 e. The Balaban J connectivity index is 1.66. The SMILES string of the molecule is CC1(C)CC(NC(=O)[C@@H]2CCC(=O)N2Cc2ccco2)CC(C)(C)N1. The summed E-state index contributed by atoms with van der Waals surface area (Å²) in [7, 11) is 0. The van der Waals surface area contributed by atoms with Crippen LogP contribution in [0.4, 0.5) is 0 Å². The third-order valence-corrected chi connectivity index (χ3v) is 5.07. The van der Waals surface area contributed by atoms with Gasteiger partial charge in [-0.2, -0.15) is 0 Å². The first kappa shape index (κ1) is 18.0. The van der Waals surface area contributed by atoms with Gasteiger partial charge in [0.15, 0.2) is 0 Å². The number of hydrogen-bond donors (Lipinski definition) is 2. The second-order valence-corrected chi connectivity index (χ2v) is 8.66. The number of likely N-dealkylation sites (tertiary alicyclic amines) is 1. The minimum absolute atomic E-state index is 0.0162. The number of nitrogens with zero attached hydrogens (tertiary/aromatic N) is 1. The Kier molecular flexibility index (Phi) is 4.66. The Bertz CT molecular complexity index is 620. The van der Waals surface area contributed by atoms with Crippen LogP contribution in [0.25, 0.3) is 0 Å². The predicted molar refractivity (Wildman–Crippen MR) is 94.7 cm³/mol. The third-order valence-electron chi connectivity index (χ3n) is 5.07. The number of nitrogens with one attached hydrogen (secondary N) is 2. The van der Waals surface area contributed by atoms with Crippen LogP contribution in [0.5, 0.6) is 0 Å². The normalized spacial score (nSPS) is 26.0. The fourth-order valence-electron chi connectivity index (χ4n) is 4.50. The van der Waals surface area contributed by atoms with Crippen LogP contribution in [0.2, 0.25) is 0 Å². The Hall–Kier alpha value is -1.82. The number of carbonyl (C=O) groups excluding carboxylic acids is 2. The number of hydrogen-bond acceptors (Lipinski definition) is 4. The Morgan fingerprint density at radius 3 is 2.60 bits per heavy atom. The van der Waals surface area contributed by atoms with Gasteiger partial charge in [0.1, 0.15) is 11.8 Å². The van der Waals surface area contributed by atoms with Crippen molar-refractivity contribution in [2.24, 2.45) is 0 Å². The van der Waals surface area contributed by atoms with Crippen molar-refractivity contribution in [1.82, 2.24) is 15.5 Å². The van der Waals surface area contributed by atoms with Gasteiger partial charge in [0.25, 0.3) is 0 Å². The fraction of sp³-hybridized carbons (Fsp3) is 0.684. The van der Waals surface area contributed by atoms with Gasteiger partial charge in [0.2, 0.25) is 11.8 Å². The van der Waals surface area contributed by atoms with E-state index in [0.29, 0.717) is 25.1 Å². The van der Waals surface area contributed by atoms with Gasteiger partial charge >= 0.3 is 0 Å². The highest BCUT2D eigenvalue weighted by Gasteiger charge is 2.41. The van der Waals surface area contributed by atoms with Crippen LogP contribution in [0.3, 0.4) is 0 Å². The molecule has 0 unspecified atom stereocenters. The summed E-state index contributed by atoms with van der Waals surface area (Å²) in [5.41, 5.74) is -0.0574. The summed E-state index contributed by atoms with van der Waals surface area (Å²) in [6.45, 7) is 9.00. The van der Waals surface area contributed by atoms with Gasteiger partial charge in [-0.1, -0.05) is 0 Å². The van der Waals surface area contributed by atoms with E-state index < -0.39 is 6.04 Å². The third kappa shape index (κ3) is 4.24. The first-order chi connectivity index (χ1) is 11.7. The van der Waals surface area contributed by atoms with E-state index in [4.69, 9.17) is 4.42 Å². The average Bonchev–Trinajstić information content (AvgIpc) is 3.07. The smallest absolute Gasteiger partial charge is 0.243 e. The number of carbonyl (C=O) groups is 2. The Labute approximate surface area is 149 Å². The lowest BCUT2D eigenvalue weighted by Crippen LogP contribution is -2.63. The predicted octanol–water partition coefficient (Wildman–Crippen LogP) is 2.20. The number of amides is 2. The molecule has 2 aliphatic heterocycles. The largest absolute Gasteiger partial charge is 0.467 e. The molecule has 1 aromatic rings. The summed E-state index contributed by atoms with van der Waals surface area (Å²) in [4.78, 5) is 26.7. The number of rotatable bonds is 4. The van der Waals surface area contributed by atoms with Gasteiger partial charge < -0.3 is 20.0 Å². The van der Waals surface area contributed by atoms with Gasteiger partial charge in [-0.3, -0.25) is 9.59 Å². The highest BCUT2D eigenvalue weighted by atomic mass is 16.3. The quantitative estimate of drug-likeness (QED) is 0.876. The van der Waals surface area contributed by atoms with E-state index in [1.165, 1.54) is 0 Å². The maximum atomic E-state index is 12.9. The summed E-state index contributed by atoms with van der Waals surface area (Å²) in [5, 5.41) is 6.82. The van der Waals surface area contributed by atoms with Crippen molar-refractivity contribution < 1.29 is 14.0 Å². The van der Waals surface area contributed by atoms with E-state index in [0.717, 1.165) is 12.8 Å². The molecule has 2 aliphatic rings. The topological polar surface area (TPSA) is 74.6 Å². The molecule has 3 heterocycles. The lowest BCUT2D eigenvalue weighted by atomic mass is 9.79. The summed E-state index contributed by atoms with van der Waals surface area (Å²) in [5.74, 6) is 0.676. The first-order valence-corrected chi connectivity index (χ1v) is 9.07. The van der Waals surface area contributed by atoms with E-state index in [2.05, 4.69) is 38.3 Å². The van der Waals surface area contributed by atoms with Crippen LogP contribution in [0.1, 0.15) is 59.1 Å². The Morgan fingerprint density at radius 2 is 2.00 bits per heavy atom. The highest BCUT2D eigenvalue weighted by Crippen LogP contribution is 2.29. The molecule has 6 heteroatoms. The zero-order chi connectivity index (χ0) is 18.2. The van der Waals surface area contributed by atoms with Crippen molar-refractivity contribution in [2.75, 3.05) is 0 Å². The number of furan rings is 1. The molecule has 2 N–H and O–H groups in total. The summed E-state index contributed by atoms with van der Waals surface area (Å²) in [6.07, 6.45) is 4.33. The van der Waals surface area contributed by atoms with Gasteiger partial charge in [0, 0.05) is 23.5 Å². The van der Waals surface area contributed by atoms with Crippen LogP contribution in [-0.2, 0) is 16.1 Å². The van der Waals surface area contributed by atoms with Crippen molar-refractivity contribution in [2.45, 2.75) is 83.1 Å². The highest BCUT2D eigenvalue weighted by molar-refractivity contribution is 5.91. The van der Waals surface area contributed by atoms with Gasteiger partial charge in [-0.15, -0.1) is 0 Å². The zero-order valence-corrected chi connectivity index (χ0v) is 15.6. The molecule has 25 heavy (non-hydrogen) atoms. The summed E-state index contributed by atoms with van der Waals surface area (Å²) >= 11 is 0. The van der Waals surface area contributed by atoms with E-state index in [1.807, 2.05) is 6.07 Å². The van der Waals surface area contributed by atoms with Gasteiger partial charge in [-0.05, 0) is 59.1 Å². The molecule has 2 amide bonds. The average molecular weight is 347 g/mol. The molecule has 1 atom stereocenters. The molecular formula is C19H29N3O3. The first-order valence-electron chi connectivity index (χ1n) is 9.07. The van der Waals surface area contributed by atoms with Crippen molar-refractivity contribution >= 4 is 11.8 Å². The molecule has 0 aliphatic carbocycles. The van der Waals surface area contributed by atoms with Gasteiger partial charge in [0.05, 0.1) is 12.8 Å². The van der Waals surface area contributed by atoms with Crippen LogP contribution < -0.4 is 10.6 Å². The molecule has 0 spiro atoms. The van der Waals surface area contributed by atoms with Crippen LogP contribution in [0.15, 0.2) is 22.8 Å². The van der Waals surface area contributed by atoms with E-state index in [-0.39, 0.29) is 28.9 Å². The zero-order valence-electron chi connectivity index (χ0n) is 15.6. The molecule has 0 bridgehead atoms. The summed E-state index contributed by atoms with van der Waals surface area (Å²) < 4.78 is 5.34. The van der Waals surface area contributed by atoms with Crippen molar-refractivity contribution in [3.8, 4) is 0 Å². The van der Waals surface area contributed by atoms with E-state index in [1.54, 1.807) is 17.2 Å². The van der Waals surface area contributed by atoms with Crippen LogP contribution in [-0.4, -0.2) is 39.9 Å². The molecule has 0 saturated carbocycles. The van der Waals surface area contributed by atoms with Crippen molar-refractivity contribution in [1.29, 1.82) is 0 Å². The maximum absolute atomic E-state index is 12.9. The van der Waals surface area contributed by atoms with E-state index in [9.17, 15) is 9.59 Å². The lowest BCUT2D eigenvalue weighted by Gasteiger charge is -2.46. The second kappa shape index (κ2) is 6.48. The van der Waals surface area contributed by atoms with Crippen molar-refractivity contribution in [3.05, 3.63) is 24.2 Å². The molecule has 138 valence electrons. The Morgan fingerprint density at radius 1 is 1.32 bits per heavy atom. The summed E-state index contributed by atoms with van der Waals surface area (Å²) in [6, 6.07) is 3.33. The second-order valence-electron chi connectivity index (χ2n) is 8.66. The molecule has 1 aromatic heterocycles. The van der Waals surface area contributed by atoms with Crippen molar-refractivity contribution in [3.63, 3.8) is 0 Å². The monoisotopic (exact) mass is 347 g/mol. The number of piperidine rings is 1. The molecule has 6 nitrogen and oxygen atoms in total. The van der Waals surface area contributed by atoms with E-state index >= 15 is 0 Å². The molecular weight excluding hydrogens is 318 g/mol. The molecule has 0 aromatic carbocycles. The molecule has 2 fully saturated rings. The molecule has 2 saturated heterocycles. The standard InChI is InChI=1S/C19H29N3O3/c1-18(2)10-13(11-19(3,4)21-18)20-17(24)15-7-8-16(23)22(15)12-14-6-5-9-25-14/h5-6,9,13,15,21H,7-8,10-12H2,1-4H3,(H,20,24)/t15-/m0/s1. The molecule has 0 radical (unpaired) electrons. The van der Waals surface area contributed by atoms with Crippen LogP contribution in [0, 0.1) is 0 Å².